The second-order valence-corrected chi connectivity index (χ2v) is 2.50. The van der Waals surface area contributed by atoms with Crippen molar-refractivity contribution in [2.45, 2.75) is 6.92 Å². The minimum Gasteiger partial charge on any atom is -0.494 e. The number of nitrogens with zero attached hydrogens (tertiary/aromatic N) is 1. The summed E-state index contributed by atoms with van der Waals surface area (Å²) in [5.41, 5.74) is 1.44. The molecule has 0 N–H and O–H groups in total. The van der Waals surface area contributed by atoms with Crippen molar-refractivity contribution in [2.24, 2.45) is 0 Å². The molecule has 0 unspecified atom stereocenters. The van der Waals surface area contributed by atoms with Crippen LogP contribution in [0.4, 0.5) is 0 Å². The third kappa shape index (κ3) is 2.09. The normalized spacial score (nSPS) is 8.92. The van der Waals surface area contributed by atoms with Gasteiger partial charge in [-0.2, -0.15) is 5.26 Å². The number of nitriles is 1. The third-order valence-electron chi connectivity index (χ3n) is 1.68. The number of hydrogen-bond donors (Lipinski definition) is 0. The molecule has 0 fully saturated rings. The minimum atomic E-state index is 0.598. The second-order valence-electron chi connectivity index (χ2n) is 2.50. The van der Waals surface area contributed by atoms with Crippen LogP contribution in [0.1, 0.15) is 18.1 Å². The lowest BCUT2D eigenvalue weighted by Gasteiger charge is -2.04. The Bertz CT molecular complexity index is 350. The van der Waals surface area contributed by atoms with E-state index in [1.54, 1.807) is 12.1 Å². The quantitative estimate of drug-likeness (QED) is 0.703. The Morgan fingerprint density at radius 3 is 2.92 bits per heavy atom. The van der Waals surface area contributed by atoms with Crippen molar-refractivity contribution in [3.05, 3.63) is 35.9 Å². The molecule has 0 aliphatic rings. The maximum atomic E-state index is 8.79. The van der Waals surface area contributed by atoms with E-state index in [-0.39, 0.29) is 0 Å². The van der Waals surface area contributed by atoms with Gasteiger partial charge in [-0.3, -0.25) is 0 Å². The molecule has 0 amide bonds. The van der Waals surface area contributed by atoms with E-state index < -0.39 is 0 Å². The fourth-order valence-electron chi connectivity index (χ4n) is 1.07. The maximum Gasteiger partial charge on any atom is 0.120 e. The highest BCUT2D eigenvalue weighted by molar-refractivity contribution is 5.58. The highest BCUT2D eigenvalue weighted by atomic mass is 16.5. The van der Waals surface area contributed by atoms with Crippen molar-refractivity contribution >= 4 is 6.08 Å². The van der Waals surface area contributed by atoms with Gasteiger partial charge in [-0.1, -0.05) is 12.7 Å². The van der Waals surface area contributed by atoms with Crippen LogP contribution < -0.4 is 4.74 Å². The standard InChI is InChI=1S/C11H11NO/c1-3-9-5-6-11(13-4-2)7-10(9)8-12/h3,5-7H,1,4H2,2H3. The first-order valence-electron chi connectivity index (χ1n) is 4.11. The number of hydrogen-bond acceptors (Lipinski definition) is 2. The van der Waals surface area contributed by atoms with Gasteiger partial charge in [0.05, 0.1) is 18.2 Å². The van der Waals surface area contributed by atoms with Gasteiger partial charge in [0.1, 0.15) is 5.75 Å². The first-order chi connectivity index (χ1) is 6.31. The Morgan fingerprint density at radius 2 is 2.38 bits per heavy atom. The number of rotatable bonds is 3. The third-order valence-corrected chi connectivity index (χ3v) is 1.68. The van der Waals surface area contributed by atoms with Gasteiger partial charge in [-0.15, -0.1) is 0 Å². The maximum absolute atomic E-state index is 8.79. The van der Waals surface area contributed by atoms with Gasteiger partial charge >= 0.3 is 0 Å². The van der Waals surface area contributed by atoms with E-state index in [2.05, 4.69) is 12.6 Å². The number of ether oxygens (including phenoxy) is 1. The van der Waals surface area contributed by atoms with Gasteiger partial charge in [0.25, 0.3) is 0 Å². The molecule has 0 radical (unpaired) electrons. The zero-order valence-electron chi connectivity index (χ0n) is 7.58. The molecule has 1 aromatic rings. The van der Waals surface area contributed by atoms with Crippen molar-refractivity contribution in [2.75, 3.05) is 6.61 Å². The zero-order chi connectivity index (χ0) is 9.68. The summed E-state index contributed by atoms with van der Waals surface area (Å²) < 4.78 is 5.26. The fraction of sp³-hybridized carbons (Fsp3) is 0.182. The van der Waals surface area contributed by atoms with E-state index in [0.29, 0.717) is 12.2 Å². The van der Waals surface area contributed by atoms with Crippen LogP contribution >= 0.6 is 0 Å². The average Bonchev–Trinajstić information content (AvgIpc) is 2.18. The van der Waals surface area contributed by atoms with Crippen molar-refractivity contribution < 1.29 is 4.74 Å². The molecule has 0 heterocycles. The van der Waals surface area contributed by atoms with E-state index in [0.717, 1.165) is 11.3 Å². The van der Waals surface area contributed by atoms with E-state index in [1.165, 1.54) is 0 Å². The highest BCUT2D eigenvalue weighted by Gasteiger charge is 2.00. The van der Waals surface area contributed by atoms with E-state index in [4.69, 9.17) is 10.00 Å². The molecule has 0 aliphatic heterocycles. The summed E-state index contributed by atoms with van der Waals surface area (Å²) >= 11 is 0. The van der Waals surface area contributed by atoms with Crippen LogP contribution in [0.2, 0.25) is 0 Å². The number of benzene rings is 1. The predicted octanol–water partition coefficient (Wildman–Crippen LogP) is 2.60. The van der Waals surface area contributed by atoms with Crippen LogP contribution in [0, 0.1) is 11.3 Å². The first kappa shape index (κ1) is 9.34. The van der Waals surface area contributed by atoms with Gasteiger partial charge in [-0.25, -0.2) is 0 Å². The fourth-order valence-corrected chi connectivity index (χ4v) is 1.07. The van der Waals surface area contributed by atoms with E-state index in [9.17, 15) is 0 Å². The SMILES string of the molecule is C=Cc1ccc(OCC)cc1C#N. The Morgan fingerprint density at radius 1 is 1.62 bits per heavy atom. The molecule has 0 aliphatic carbocycles. The summed E-state index contributed by atoms with van der Waals surface area (Å²) in [6.07, 6.45) is 1.66. The van der Waals surface area contributed by atoms with Gasteiger partial charge < -0.3 is 4.74 Å². The summed E-state index contributed by atoms with van der Waals surface area (Å²) in [7, 11) is 0. The molecule has 13 heavy (non-hydrogen) atoms. The Labute approximate surface area is 78.1 Å². The van der Waals surface area contributed by atoms with Gasteiger partial charge in [0.2, 0.25) is 0 Å². The largest absolute Gasteiger partial charge is 0.494 e. The molecule has 66 valence electrons. The summed E-state index contributed by atoms with van der Waals surface area (Å²) in [4.78, 5) is 0. The summed E-state index contributed by atoms with van der Waals surface area (Å²) in [5, 5.41) is 8.79. The molecule has 0 saturated carbocycles. The van der Waals surface area contributed by atoms with Crippen LogP contribution in [0.25, 0.3) is 6.08 Å². The lowest BCUT2D eigenvalue weighted by molar-refractivity contribution is 0.340. The molecule has 2 nitrogen and oxygen atoms in total. The predicted molar refractivity (Wildman–Crippen MR) is 52.4 cm³/mol. The van der Waals surface area contributed by atoms with Crippen LogP contribution in [0.15, 0.2) is 24.8 Å². The molecule has 0 spiro atoms. The lowest BCUT2D eigenvalue weighted by atomic mass is 10.1. The second kappa shape index (κ2) is 4.32. The summed E-state index contributed by atoms with van der Waals surface area (Å²) in [6, 6.07) is 7.48. The van der Waals surface area contributed by atoms with Gasteiger partial charge in [0, 0.05) is 0 Å². The monoisotopic (exact) mass is 173 g/mol. The lowest BCUT2D eigenvalue weighted by Crippen LogP contribution is -1.92. The molecule has 0 bridgehead atoms. The first-order valence-corrected chi connectivity index (χ1v) is 4.11. The van der Waals surface area contributed by atoms with Crippen molar-refractivity contribution in [3.8, 4) is 11.8 Å². The molecule has 0 aromatic heterocycles. The molecule has 2 heteroatoms. The van der Waals surface area contributed by atoms with Gasteiger partial charge in [-0.05, 0) is 30.7 Å². The summed E-state index contributed by atoms with van der Waals surface area (Å²) in [6.45, 7) is 6.14. The van der Waals surface area contributed by atoms with Crippen LogP contribution in [-0.2, 0) is 0 Å². The molecular formula is C11H11NO. The molecular weight excluding hydrogens is 162 g/mol. The Hall–Kier alpha value is -1.75. The van der Waals surface area contributed by atoms with Crippen LogP contribution in [0.3, 0.4) is 0 Å². The van der Waals surface area contributed by atoms with E-state index >= 15 is 0 Å². The minimum absolute atomic E-state index is 0.598. The average molecular weight is 173 g/mol. The highest BCUT2D eigenvalue weighted by Crippen LogP contribution is 2.17. The van der Waals surface area contributed by atoms with E-state index in [1.807, 2.05) is 19.1 Å². The van der Waals surface area contributed by atoms with Crippen LogP contribution in [0.5, 0.6) is 5.75 Å². The topological polar surface area (TPSA) is 33.0 Å². The van der Waals surface area contributed by atoms with Crippen LogP contribution in [-0.4, -0.2) is 6.61 Å². The molecule has 1 rings (SSSR count). The van der Waals surface area contributed by atoms with Gasteiger partial charge in [0.15, 0.2) is 0 Å². The molecule has 0 saturated heterocycles. The molecule has 1 aromatic carbocycles. The zero-order valence-corrected chi connectivity index (χ0v) is 7.58. The summed E-state index contributed by atoms with van der Waals surface area (Å²) in [5.74, 6) is 0.727. The van der Waals surface area contributed by atoms with Crippen molar-refractivity contribution in [1.29, 1.82) is 5.26 Å². The Kier molecular flexibility index (Phi) is 3.10. The van der Waals surface area contributed by atoms with Crippen molar-refractivity contribution in [1.82, 2.24) is 0 Å². The smallest absolute Gasteiger partial charge is 0.120 e. The Balaban J connectivity index is 3.07. The molecule has 0 atom stereocenters. The van der Waals surface area contributed by atoms with Crippen molar-refractivity contribution in [3.63, 3.8) is 0 Å².